The number of carbonyl (C=O) groups excluding carboxylic acids is 1. The Morgan fingerprint density at radius 2 is 2.19 bits per heavy atom. The van der Waals surface area contributed by atoms with Gasteiger partial charge in [-0.3, -0.25) is 15.0 Å². The maximum absolute atomic E-state index is 12.3. The van der Waals surface area contributed by atoms with Crippen LogP contribution in [0.5, 0.6) is 0 Å². The van der Waals surface area contributed by atoms with Crippen molar-refractivity contribution in [3.05, 3.63) is 22.4 Å². The van der Waals surface area contributed by atoms with E-state index < -0.39 is 0 Å². The van der Waals surface area contributed by atoms with E-state index in [0.29, 0.717) is 0 Å². The second-order valence-electron chi connectivity index (χ2n) is 5.69. The molecule has 6 heteroatoms. The molecule has 2 aliphatic heterocycles. The summed E-state index contributed by atoms with van der Waals surface area (Å²) in [7, 11) is 0. The molecule has 5 nitrogen and oxygen atoms in total. The van der Waals surface area contributed by atoms with Gasteiger partial charge in [-0.2, -0.15) is 11.3 Å². The van der Waals surface area contributed by atoms with Gasteiger partial charge in [0.1, 0.15) is 6.17 Å². The summed E-state index contributed by atoms with van der Waals surface area (Å²) in [6, 6.07) is 2.01. The second-order valence-corrected chi connectivity index (χ2v) is 6.47. The molecule has 3 rings (SSSR count). The van der Waals surface area contributed by atoms with Crippen LogP contribution in [0.15, 0.2) is 16.8 Å². The van der Waals surface area contributed by atoms with Crippen LogP contribution in [0.2, 0.25) is 0 Å². The molecule has 1 amide bonds. The number of thiophene rings is 1. The second kappa shape index (κ2) is 6.87. The number of nitrogens with one attached hydrogen (secondary N) is 1. The van der Waals surface area contributed by atoms with Crippen LogP contribution in [0.4, 0.5) is 0 Å². The van der Waals surface area contributed by atoms with Crippen molar-refractivity contribution in [3.8, 4) is 0 Å². The maximum Gasteiger partial charge on any atom is 0.241 e. The van der Waals surface area contributed by atoms with E-state index in [9.17, 15) is 4.79 Å². The van der Waals surface area contributed by atoms with Crippen LogP contribution in [-0.4, -0.2) is 61.1 Å². The lowest BCUT2D eigenvalue weighted by atomic mass is 10.2. The Bertz CT molecular complexity index is 459. The van der Waals surface area contributed by atoms with Crippen molar-refractivity contribution in [2.45, 2.75) is 25.6 Å². The van der Waals surface area contributed by atoms with Crippen LogP contribution in [0.3, 0.4) is 0 Å². The number of ether oxygens (including phenoxy) is 1. The molecular weight excluding hydrogens is 286 g/mol. The average molecular weight is 309 g/mol. The SMILES string of the molecule is CC1NC(c2ccsc2)N(CCCN2CCOCC2)C1=O. The molecule has 116 valence electrons. The van der Waals surface area contributed by atoms with Gasteiger partial charge in [0.2, 0.25) is 5.91 Å². The van der Waals surface area contributed by atoms with Gasteiger partial charge in [0, 0.05) is 26.2 Å². The Balaban J connectivity index is 1.55. The highest BCUT2D eigenvalue weighted by molar-refractivity contribution is 7.07. The van der Waals surface area contributed by atoms with Gasteiger partial charge in [-0.15, -0.1) is 0 Å². The largest absolute Gasteiger partial charge is 0.379 e. The lowest BCUT2D eigenvalue weighted by Crippen LogP contribution is -2.39. The van der Waals surface area contributed by atoms with Crippen LogP contribution in [0.25, 0.3) is 0 Å². The summed E-state index contributed by atoms with van der Waals surface area (Å²) in [5.41, 5.74) is 1.20. The minimum Gasteiger partial charge on any atom is -0.379 e. The molecule has 3 heterocycles. The highest BCUT2D eigenvalue weighted by Gasteiger charge is 2.36. The van der Waals surface area contributed by atoms with Crippen molar-refractivity contribution in [3.63, 3.8) is 0 Å². The van der Waals surface area contributed by atoms with Crippen molar-refractivity contribution in [2.24, 2.45) is 0 Å². The normalized spacial score (nSPS) is 27.5. The molecule has 0 saturated carbocycles. The van der Waals surface area contributed by atoms with Gasteiger partial charge in [-0.25, -0.2) is 0 Å². The van der Waals surface area contributed by atoms with Crippen molar-refractivity contribution in [2.75, 3.05) is 39.4 Å². The molecule has 2 saturated heterocycles. The number of rotatable bonds is 5. The zero-order valence-electron chi connectivity index (χ0n) is 12.5. The lowest BCUT2D eigenvalue weighted by molar-refractivity contribution is -0.130. The van der Waals surface area contributed by atoms with E-state index >= 15 is 0 Å². The van der Waals surface area contributed by atoms with Crippen molar-refractivity contribution < 1.29 is 9.53 Å². The first-order chi connectivity index (χ1) is 10.3. The molecule has 21 heavy (non-hydrogen) atoms. The monoisotopic (exact) mass is 309 g/mol. The van der Waals surface area contributed by atoms with E-state index in [-0.39, 0.29) is 18.1 Å². The predicted molar refractivity (Wildman–Crippen MR) is 83.2 cm³/mol. The molecule has 0 aliphatic carbocycles. The average Bonchev–Trinajstić information content (AvgIpc) is 3.12. The number of carbonyl (C=O) groups is 1. The van der Waals surface area contributed by atoms with Crippen LogP contribution >= 0.6 is 11.3 Å². The van der Waals surface area contributed by atoms with E-state index in [2.05, 4.69) is 27.0 Å². The number of hydrogen-bond donors (Lipinski definition) is 1. The Kier molecular flexibility index (Phi) is 4.90. The fraction of sp³-hybridized carbons (Fsp3) is 0.667. The first-order valence-corrected chi connectivity index (χ1v) is 8.59. The first-order valence-electron chi connectivity index (χ1n) is 7.64. The lowest BCUT2D eigenvalue weighted by Gasteiger charge is -2.28. The summed E-state index contributed by atoms with van der Waals surface area (Å²) in [4.78, 5) is 16.7. The third-order valence-corrected chi connectivity index (χ3v) is 4.91. The fourth-order valence-corrected chi connectivity index (χ4v) is 3.69. The van der Waals surface area contributed by atoms with Crippen LogP contribution in [-0.2, 0) is 9.53 Å². The summed E-state index contributed by atoms with van der Waals surface area (Å²) in [6.45, 7) is 7.49. The molecule has 1 aromatic rings. The van der Waals surface area contributed by atoms with Crippen molar-refractivity contribution >= 4 is 17.2 Å². The number of nitrogens with zero attached hydrogens (tertiary/aromatic N) is 2. The van der Waals surface area contributed by atoms with E-state index in [0.717, 1.165) is 45.8 Å². The Labute approximate surface area is 129 Å². The number of morpholine rings is 1. The molecule has 1 aromatic heterocycles. The van der Waals surface area contributed by atoms with Gasteiger partial charge in [-0.05, 0) is 35.7 Å². The number of amides is 1. The molecule has 0 aromatic carbocycles. The molecule has 2 atom stereocenters. The summed E-state index contributed by atoms with van der Waals surface area (Å²) in [5, 5.41) is 7.58. The van der Waals surface area contributed by atoms with Gasteiger partial charge in [0.25, 0.3) is 0 Å². The zero-order chi connectivity index (χ0) is 14.7. The number of hydrogen-bond acceptors (Lipinski definition) is 5. The summed E-state index contributed by atoms with van der Waals surface area (Å²) in [6.07, 6.45) is 1.06. The van der Waals surface area contributed by atoms with E-state index in [1.807, 2.05) is 11.8 Å². The molecule has 2 aliphatic rings. The van der Waals surface area contributed by atoms with Crippen LogP contribution in [0.1, 0.15) is 25.1 Å². The molecule has 0 spiro atoms. The highest BCUT2D eigenvalue weighted by Crippen LogP contribution is 2.26. The summed E-state index contributed by atoms with van der Waals surface area (Å²) in [5.74, 6) is 0.216. The fourth-order valence-electron chi connectivity index (χ4n) is 3.01. The Hall–Kier alpha value is -0.950. The van der Waals surface area contributed by atoms with Gasteiger partial charge in [0.15, 0.2) is 0 Å². The van der Waals surface area contributed by atoms with Gasteiger partial charge < -0.3 is 9.64 Å². The summed E-state index contributed by atoms with van der Waals surface area (Å²) >= 11 is 1.68. The third kappa shape index (κ3) is 3.45. The Morgan fingerprint density at radius 1 is 1.38 bits per heavy atom. The quantitative estimate of drug-likeness (QED) is 0.890. The zero-order valence-corrected chi connectivity index (χ0v) is 13.3. The van der Waals surface area contributed by atoms with E-state index in [1.54, 1.807) is 11.3 Å². The minimum atomic E-state index is -0.0849. The molecular formula is C15H23N3O2S. The minimum absolute atomic E-state index is 0.0449. The van der Waals surface area contributed by atoms with Crippen molar-refractivity contribution in [1.29, 1.82) is 0 Å². The predicted octanol–water partition coefficient (Wildman–Crippen LogP) is 1.29. The van der Waals surface area contributed by atoms with Gasteiger partial charge in [0.05, 0.1) is 19.3 Å². The summed E-state index contributed by atoms with van der Waals surface area (Å²) < 4.78 is 5.36. The molecule has 2 unspecified atom stereocenters. The topological polar surface area (TPSA) is 44.8 Å². The molecule has 1 N–H and O–H groups in total. The maximum atomic E-state index is 12.3. The molecule has 0 radical (unpaired) electrons. The third-order valence-electron chi connectivity index (χ3n) is 4.21. The van der Waals surface area contributed by atoms with Crippen LogP contribution in [0, 0.1) is 0 Å². The molecule has 0 bridgehead atoms. The van der Waals surface area contributed by atoms with Gasteiger partial charge >= 0.3 is 0 Å². The molecule has 2 fully saturated rings. The van der Waals surface area contributed by atoms with E-state index in [4.69, 9.17) is 4.74 Å². The standard InChI is InChI=1S/C15H23N3O2S/c1-12-15(19)18(14(16-12)13-3-10-21-11-13)5-2-4-17-6-8-20-9-7-17/h3,10-12,14,16H,2,4-9H2,1H3. The van der Waals surface area contributed by atoms with Crippen LogP contribution < -0.4 is 5.32 Å². The van der Waals surface area contributed by atoms with E-state index in [1.165, 1.54) is 5.56 Å². The smallest absolute Gasteiger partial charge is 0.241 e. The first kappa shape index (κ1) is 15.0. The van der Waals surface area contributed by atoms with Gasteiger partial charge in [-0.1, -0.05) is 0 Å². The highest BCUT2D eigenvalue weighted by atomic mass is 32.1. The van der Waals surface area contributed by atoms with Crippen molar-refractivity contribution in [1.82, 2.24) is 15.1 Å². The Morgan fingerprint density at radius 3 is 2.90 bits per heavy atom.